The molecule has 2 heterocycles. The van der Waals surface area contributed by atoms with E-state index < -0.39 is 57.5 Å². The third kappa shape index (κ3) is 22.0. The van der Waals surface area contributed by atoms with Crippen molar-refractivity contribution in [1.82, 2.24) is 16.0 Å². The third-order valence-corrected chi connectivity index (χ3v) is 19.2. The van der Waals surface area contributed by atoms with E-state index in [9.17, 15) is 56.7 Å². The van der Waals surface area contributed by atoms with Gasteiger partial charge in [0.05, 0.1) is 23.1 Å². The summed E-state index contributed by atoms with van der Waals surface area (Å²) in [5, 5.41) is 36.6. The molecule has 3 atom stereocenters. The molecule has 20 heteroatoms. The Morgan fingerprint density at radius 1 is 0.656 bits per heavy atom. The number of Topliss-reactive ketones (excluding diaryl/α,β-unsaturated/α-hetero) is 2. The fraction of sp³-hybridized carbons (Fsp3) is 0.474. The first-order valence-corrected chi connectivity index (χ1v) is 35.7. The van der Waals surface area contributed by atoms with Crippen molar-refractivity contribution >= 4 is 68.6 Å². The molecular formula is C76H98N5O14S+. The maximum absolute atomic E-state index is 14.3. The number of aliphatic carboxylic acids is 3. The molecular weight excluding hydrogens is 1240 g/mol. The van der Waals surface area contributed by atoms with E-state index in [4.69, 9.17) is 9.84 Å². The Balaban J connectivity index is 1.01. The third-order valence-electron chi connectivity index (χ3n) is 18.4. The summed E-state index contributed by atoms with van der Waals surface area (Å²) in [6.07, 6.45) is 18.6. The molecule has 516 valence electrons. The summed E-state index contributed by atoms with van der Waals surface area (Å²) < 4.78 is 42.2. The number of carbonyl (C=O) groups excluding carboxylic acids is 4. The second-order valence-corrected chi connectivity index (χ2v) is 28.1. The zero-order valence-electron chi connectivity index (χ0n) is 56.4. The summed E-state index contributed by atoms with van der Waals surface area (Å²) in [5.74, 6) is -4.37. The van der Waals surface area contributed by atoms with Crippen LogP contribution in [-0.4, -0.2) is 117 Å². The van der Waals surface area contributed by atoms with Crippen LogP contribution in [0.5, 0.6) is 5.75 Å². The number of carboxylic acids is 3. The van der Waals surface area contributed by atoms with Gasteiger partial charge in [-0.2, -0.15) is 13.0 Å². The number of nitrogens with zero attached hydrogens (tertiary/aromatic N) is 2. The molecule has 0 spiro atoms. The maximum Gasteiger partial charge on any atom is 0.326 e. The second-order valence-electron chi connectivity index (χ2n) is 26.6. The fourth-order valence-electron chi connectivity index (χ4n) is 13.1. The van der Waals surface area contributed by atoms with Gasteiger partial charge in [0.25, 0.3) is 10.1 Å². The van der Waals surface area contributed by atoms with Crippen LogP contribution in [0.15, 0.2) is 150 Å². The molecule has 3 amide bonds. The van der Waals surface area contributed by atoms with Crippen molar-refractivity contribution in [3.8, 4) is 5.75 Å². The number of nitrogens with one attached hydrogen (secondary N) is 3. The minimum atomic E-state index is -4.10. The van der Waals surface area contributed by atoms with Crippen molar-refractivity contribution in [2.45, 2.75) is 199 Å². The predicted molar refractivity (Wildman–Crippen MR) is 372 cm³/mol. The van der Waals surface area contributed by atoms with Gasteiger partial charge in [-0.1, -0.05) is 138 Å². The van der Waals surface area contributed by atoms with Crippen LogP contribution in [0.25, 0.3) is 0 Å². The van der Waals surface area contributed by atoms with Gasteiger partial charge in [0, 0.05) is 86.1 Å². The largest absolute Gasteiger partial charge is 0.481 e. The van der Waals surface area contributed by atoms with E-state index in [1.165, 1.54) is 16.9 Å². The Morgan fingerprint density at radius 3 is 2.01 bits per heavy atom. The zero-order valence-corrected chi connectivity index (χ0v) is 57.2. The highest BCUT2D eigenvalue weighted by Gasteiger charge is 2.44. The number of ketones is 2. The first-order valence-electron chi connectivity index (χ1n) is 34.1. The highest BCUT2D eigenvalue weighted by molar-refractivity contribution is 7.85. The van der Waals surface area contributed by atoms with Crippen LogP contribution in [0.3, 0.4) is 0 Å². The summed E-state index contributed by atoms with van der Waals surface area (Å²) in [4.78, 5) is 90.2. The smallest absolute Gasteiger partial charge is 0.326 e. The molecule has 4 aromatic rings. The Kier molecular flexibility index (Phi) is 28.1. The Morgan fingerprint density at radius 2 is 1.32 bits per heavy atom. The topological polar surface area (TPSA) is 286 Å². The highest BCUT2D eigenvalue weighted by atomic mass is 32.2. The van der Waals surface area contributed by atoms with Crippen LogP contribution < -0.4 is 25.6 Å². The average Bonchev–Trinajstić information content (AvgIpc) is 1.60. The summed E-state index contributed by atoms with van der Waals surface area (Å²) in [6, 6.07) is 30.5. The van der Waals surface area contributed by atoms with E-state index in [0.29, 0.717) is 43.5 Å². The van der Waals surface area contributed by atoms with E-state index >= 15 is 0 Å². The number of carbonyl (C=O) groups is 7. The minimum absolute atomic E-state index is 0.0262. The molecule has 0 saturated heterocycles. The van der Waals surface area contributed by atoms with Crippen molar-refractivity contribution in [1.29, 1.82) is 0 Å². The molecule has 7 N–H and O–H groups in total. The predicted octanol–water partition coefficient (Wildman–Crippen LogP) is 13.2. The molecule has 96 heavy (non-hydrogen) atoms. The average molecular weight is 1340 g/mol. The van der Waals surface area contributed by atoms with E-state index in [0.717, 1.165) is 104 Å². The molecule has 0 radical (unpaired) electrons. The van der Waals surface area contributed by atoms with Gasteiger partial charge < -0.3 is 40.9 Å². The number of hydrogen-bond donors (Lipinski definition) is 7. The number of para-hydroxylation sites is 2. The SMILES string of the molecule is CCCCN1/C(=C/C=C2\CCCC(/C=C/C3=[N+](CCCCS(=O)(=O)O)c4ccccc4C3(C)C)=C2Oc2ccc(C[C@H](CC(=O)[C@H](Cc3ccccc3)NC(=O)CCCCCCCCC(=O)CC[C@H](NC(=O)NCCCC(=O)O)C(=O)O)C(=O)O)cc2)C(C)(C)c2ccccc21. The number of benzene rings is 4. The van der Waals surface area contributed by atoms with Crippen molar-refractivity contribution < 1.29 is 71.2 Å². The number of carboxylic acid groups (broad SMARTS) is 3. The molecule has 2 aliphatic heterocycles. The fourth-order valence-corrected chi connectivity index (χ4v) is 13.7. The molecule has 19 nitrogen and oxygen atoms in total. The molecule has 0 bridgehead atoms. The van der Waals surface area contributed by atoms with Gasteiger partial charge in [-0.05, 0) is 143 Å². The lowest BCUT2D eigenvalue weighted by Crippen LogP contribution is -2.46. The van der Waals surface area contributed by atoms with Gasteiger partial charge in [-0.25, -0.2) is 9.59 Å². The normalized spacial score (nSPS) is 16.7. The van der Waals surface area contributed by atoms with Crippen LogP contribution in [0.4, 0.5) is 16.2 Å². The van der Waals surface area contributed by atoms with Gasteiger partial charge >= 0.3 is 23.9 Å². The van der Waals surface area contributed by atoms with Crippen molar-refractivity contribution in [3.05, 3.63) is 172 Å². The molecule has 3 aliphatic rings. The number of urea groups is 1. The molecule has 4 aromatic carbocycles. The number of anilines is 1. The quantitative estimate of drug-likeness (QED) is 0.0124. The molecule has 0 aromatic heterocycles. The number of fused-ring (bicyclic) bond motifs is 2. The summed E-state index contributed by atoms with van der Waals surface area (Å²) >= 11 is 0. The molecule has 0 fully saturated rings. The number of hydrogen-bond acceptors (Lipinski definition) is 11. The minimum Gasteiger partial charge on any atom is -0.481 e. The summed E-state index contributed by atoms with van der Waals surface area (Å²) in [7, 11) is -4.10. The van der Waals surface area contributed by atoms with E-state index in [-0.39, 0.29) is 93.0 Å². The van der Waals surface area contributed by atoms with Crippen LogP contribution in [0.2, 0.25) is 0 Å². The Hall–Kier alpha value is -8.49. The number of ether oxygens (including phenoxy) is 1. The van der Waals surface area contributed by atoms with Crippen molar-refractivity contribution in [3.63, 3.8) is 0 Å². The monoisotopic (exact) mass is 1340 g/mol. The van der Waals surface area contributed by atoms with Crippen LogP contribution in [0, 0.1) is 5.92 Å². The lowest BCUT2D eigenvalue weighted by Gasteiger charge is -2.27. The number of amides is 3. The lowest BCUT2D eigenvalue weighted by atomic mass is 9.81. The van der Waals surface area contributed by atoms with Gasteiger partial charge in [0.2, 0.25) is 11.6 Å². The zero-order chi connectivity index (χ0) is 69.4. The summed E-state index contributed by atoms with van der Waals surface area (Å²) in [5.41, 5.74) is 9.82. The summed E-state index contributed by atoms with van der Waals surface area (Å²) in [6.45, 7) is 12.6. The molecule has 0 unspecified atom stereocenters. The van der Waals surface area contributed by atoms with Gasteiger partial charge in [0.15, 0.2) is 11.5 Å². The standard InChI is InChI=1S/C76H97N5O14S/c1-6-7-47-80-64-32-19-17-30-60(64)75(2,3)67(80)44-38-55-27-23-28-56(39-45-68-76(4,5)61-31-18-20-33-65(61)81(68)48-21-22-49-96(92,93)94)71(55)95-59-41-36-54(37-42-59)50-57(72(87)88)52-66(83)63(51-53-25-13-12-14-26-53)78-69(84)34-16-11-9-8-10-15-29-58(82)40-43-62(73(89)90)79-74(91)77-46-24-35-70(85)86/h12-14,17-20,25-26,30-33,36-39,41-42,44-45,57,62-63H,6-11,15-16,21-24,27-29,34-35,40,43,46-52H2,1-5H3,(H6-,77,78,79,84,85,86,87,88,89,90,91,92,93,94)/p+1/t57-,62+,63+/m1/s1. The Labute approximate surface area is 566 Å². The van der Waals surface area contributed by atoms with E-state index in [2.05, 4.69) is 121 Å². The molecule has 1 aliphatic carbocycles. The highest BCUT2D eigenvalue weighted by Crippen LogP contribution is 2.48. The number of unbranched alkanes of at least 4 members (excludes halogenated alkanes) is 7. The first kappa shape index (κ1) is 74.9. The number of allylic oxidation sites excluding steroid dienone is 7. The first-order chi connectivity index (χ1) is 45.9. The van der Waals surface area contributed by atoms with Crippen LogP contribution in [0.1, 0.15) is 185 Å². The second kappa shape index (κ2) is 36.0. The van der Waals surface area contributed by atoms with Gasteiger partial charge in [-0.15, -0.1) is 0 Å². The van der Waals surface area contributed by atoms with E-state index in [1.807, 2.05) is 66.7 Å². The lowest BCUT2D eigenvalue weighted by molar-refractivity contribution is -0.438. The van der Waals surface area contributed by atoms with Gasteiger partial charge in [-0.3, -0.25) is 28.5 Å². The van der Waals surface area contributed by atoms with Gasteiger partial charge in [0.1, 0.15) is 29.9 Å². The van der Waals surface area contributed by atoms with Crippen LogP contribution in [-0.2, 0) is 62.6 Å². The van der Waals surface area contributed by atoms with Crippen molar-refractivity contribution in [2.24, 2.45) is 5.92 Å². The number of rotatable bonds is 40. The molecule has 0 saturated carbocycles. The van der Waals surface area contributed by atoms with Crippen molar-refractivity contribution in [2.75, 3.05) is 30.3 Å². The molecule has 7 rings (SSSR count). The van der Waals surface area contributed by atoms with Crippen LogP contribution >= 0.6 is 0 Å². The maximum atomic E-state index is 14.3. The Bertz CT molecular complexity index is 3660. The van der Waals surface area contributed by atoms with E-state index in [1.54, 1.807) is 0 Å².